The first kappa shape index (κ1) is 37.9. The maximum Gasteiger partial charge on any atom is 0.312 e. The van der Waals surface area contributed by atoms with Gasteiger partial charge in [-0.3, -0.25) is 9.00 Å². The van der Waals surface area contributed by atoms with Gasteiger partial charge in [-0.05, 0) is 162 Å². The molecule has 1 heterocycles. The van der Waals surface area contributed by atoms with Crippen molar-refractivity contribution in [1.29, 1.82) is 0 Å². The Hall–Kier alpha value is -1.44. The number of allylic oxidation sites excluding steroid dienone is 5. The number of fused-ring (bicyclic) bond motifs is 7. The van der Waals surface area contributed by atoms with Crippen LogP contribution in [-0.2, 0) is 14.3 Å². The Bertz CT molecular complexity index is 1590. The summed E-state index contributed by atoms with van der Waals surface area (Å²) in [6, 6.07) is 0. The van der Waals surface area contributed by atoms with Crippen LogP contribution < -0.4 is 5.32 Å². The highest BCUT2D eigenvalue weighted by Crippen LogP contribution is 2.76. The van der Waals surface area contributed by atoms with Crippen molar-refractivity contribution in [2.24, 2.45) is 56.7 Å². The Labute approximate surface area is 309 Å². The molecule has 51 heavy (non-hydrogen) atoms. The number of hydrogen-bond donors (Lipinski definition) is 2. The zero-order chi connectivity index (χ0) is 36.8. The summed E-state index contributed by atoms with van der Waals surface area (Å²) in [5.41, 5.74) is 3.79. The van der Waals surface area contributed by atoms with E-state index in [1.54, 1.807) is 0 Å². The summed E-state index contributed by atoms with van der Waals surface area (Å²) < 4.78 is 26.5. The average Bonchev–Trinajstić information content (AvgIpc) is 3.46. The van der Waals surface area contributed by atoms with Crippen LogP contribution in [0.5, 0.6) is 0 Å². The largest absolute Gasteiger partial charge is 0.481 e. The first-order valence-electron chi connectivity index (χ1n) is 20.5. The molecule has 1 saturated heterocycles. The van der Waals surface area contributed by atoms with Crippen molar-refractivity contribution in [2.45, 2.75) is 124 Å². The van der Waals surface area contributed by atoms with E-state index in [0.29, 0.717) is 48.9 Å². The first-order valence-corrected chi connectivity index (χ1v) is 22.6. The zero-order valence-electron chi connectivity index (χ0n) is 32.9. The number of nitrogens with zero attached hydrogens (tertiary/aromatic N) is 1. The quantitative estimate of drug-likeness (QED) is 0.194. The minimum atomic E-state index is -1.87. The molecule has 10 atom stereocenters. The first-order chi connectivity index (χ1) is 23.9. The van der Waals surface area contributed by atoms with Crippen LogP contribution in [0.2, 0.25) is 0 Å². The van der Waals surface area contributed by atoms with E-state index in [9.17, 15) is 18.5 Å². The maximum absolute atomic E-state index is 14.0. The van der Waals surface area contributed by atoms with Crippen LogP contribution in [-0.4, -0.2) is 76.0 Å². The SMILES string of the molecule is C=C(C)[C@@H]1CC[C@]2(NCCN3CCS(=C)(=O)CC3)CC[C@]3(C)[C@H](CC[C@@H]4[C@@]5(C)CC=C(C6=CC[C@@](CF)(C(=O)O)CC6)C(C)(C)[C@@H]5CC[C@]43C)[C@@H]12. The monoisotopic (exact) mass is 725 g/mol. The molecule has 0 bridgehead atoms. The van der Waals surface area contributed by atoms with E-state index >= 15 is 0 Å². The lowest BCUT2D eigenvalue weighted by molar-refractivity contribution is -0.221. The van der Waals surface area contributed by atoms with Gasteiger partial charge in [-0.15, -0.1) is 0 Å². The molecule has 0 amide bonds. The fraction of sp³-hybridized carbons (Fsp3) is 0.818. The van der Waals surface area contributed by atoms with Gasteiger partial charge in [-0.2, -0.15) is 0 Å². The van der Waals surface area contributed by atoms with Gasteiger partial charge in [0.1, 0.15) is 6.67 Å². The van der Waals surface area contributed by atoms with E-state index in [1.807, 2.05) is 0 Å². The van der Waals surface area contributed by atoms with Gasteiger partial charge in [0.25, 0.3) is 0 Å². The lowest BCUT2D eigenvalue weighted by Crippen LogP contribution is -2.68. The number of rotatable bonds is 8. The number of hydrogen-bond acceptors (Lipinski definition) is 4. The number of carboxylic acid groups (broad SMARTS) is 1. The standard InChI is InChI=1S/C44H69FN2O3S/c1-30(2)32-13-20-44(46-23-24-47-25-27-51(8,50)28-26-47)22-21-41(6)34(37(32)44)9-10-36-40(5)16-14-33(39(3,4)35(40)15-17-42(36,41)7)31-11-18-43(29-45,19-12-31)38(48)49/h11,14,32,34-37,46H,1,8-10,12-13,15-29H2,2-7H3,(H,48,49)/t32-,34+,35-,36+,37+,40-,41+,42+,43+,44-/m0/s1. The van der Waals surface area contributed by atoms with Gasteiger partial charge < -0.3 is 15.3 Å². The second kappa shape index (κ2) is 12.8. The highest BCUT2D eigenvalue weighted by Gasteiger charge is 2.70. The van der Waals surface area contributed by atoms with Gasteiger partial charge >= 0.3 is 5.97 Å². The van der Waals surface area contributed by atoms with Crippen molar-refractivity contribution < 1.29 is 18.5 Å². The van der Waals surface area contributed by atoms with Gasteiger partial charge in [0.15, 0.2) is 0 Å². The number of carbonyl (C=O) groups is 1. The van der Waals surface area contributed by atoms with Crippen molar-refractivity contribution >= 4 is 21.4 Å². The summed E-state index contributed by atoms with van der Waals surface area (Å²) in [6.45, 7) is 23.0. The van der Waals surface area contributed by atoms with Crippen LogP contribution in [0.4, 0.5) is 4.39 Å². The molecule has 0 aromatic rings. The molecule has 5 fully saturated rings. The average molecular weight is 725 g/mol. The molecule has 7 aliphatic rings. The number of halogens is 1. The second-order valence-electron chi connectivity index (χ2n) is 20.2. The van der Waals surface area contributed by atoms with Crippen LogP contribution in [0.1, 0.15) is 119 Å². The van der Waals surface area contributed by atoms with Gasteiger partial charge in [-0.1, -0.05) is 58.9 Å². The summed E-state index contributed by atoms with van der Waals surface area (Å²) >= 11 is 0. The number of alkyl halides is 1. The normalized spacial score (nSPS) is 46.1. The van der Waals surface area contributed by atoms with E-state index in [4.69, 9.17) is 0 Å². The van der Waals surface area contributed by atoms with Crippen LogP contribution in [0, 0.1) is 56.7 Å². The molecule has 2 N–H and O–H groups in total. The molecule has 4 saturated carbocycles. The van der Waals surface area contributed by atoms with Crippen LogP contribution in [0.3, 0.4) is 0 Å². The summed E-state index contributed by atoms with van der Waals surface area (Å²) in [5.74, 6) is 7.60. The molecule has 7 heteroatoms. The smallest absolute Gasteiger partial charge is 0.312 e. The third-order valence-corrected chi connectivity index (χ3v) is 19.6. The molecule has 0 aromatic heterocycles. The van der Waals surface area contributed by atoms with Crippen molar-refractivity contribution in [3.8, 4) is 0 Å². The Kier molecular flexibility index (Phi) is 9.52. The van der Waals surface area contributed by atoms with Crippen molar-refractivity contribution in [1.82, 2.24) is 10.2 Å². The van der Waals surface area contributed by atoms with Crippen LogP contribution in [0.25, 0.3) is 0 Å². The highest BCUT2D eigenvalue weighted by molar-refractivity contribution is 8.00. The number of aliphatic carboxylic acids is 1. The molecule has 5 nitrogen and oxygen atoms in total. The lowest BCUT2D eigenvalue weighted by atomic mass is 9.33. The molecule has 6 aliphatic carbocycles. The number of nitrogens with one attached hydrogen (secondary N) is 1. The van der Waals surface area contributed by atoms with E-state index < -0.39 is 27.6 Å². The van der Waals surface area contributed by atoms with E-state index in [1.165, 1.54) is 68.1 Å². The van der Waals surface area contributed by atoms with Crippen molar-refractivity contribution in [2.75, 3.05) is 44.4 Å². The van der Waals surface area contributed by atoms with Gasteiger partial charge in [0, 0.05) is 43.2 Å². The Morgan fingerprint density at radius 2 is 1.69 bits per heavy atom. The van der Waals surface area contributed by atoms with Crippen LogP contribution in [0.15, 0.2) is 35.5 Å². The molecule has 0 spiro atoms. The molecule has 0 unspecified atom stereocenters. The molecular weight excluding hydrogens is 656 g/mol. The Morgan fingerprint density at radius 1 is 0.961 bits per heavy atom. The summed E-state index contributed by atoms with van der Waals surface area (Å²) in [4.78, 5) is 14.5. The Morgan fingerprint density at radius 3 is 2.31 bits per heavy atom. The molecule has 286 valence electrons. The zero-order valence-corrected chi connectivity index (χ0v) is 33.7. The second-order valence-corrected chi connectivity index (χ2v) is 22.9. The Balaban J connectivity index is 1.13. The van der Waals surface area contributed by atoms with Gasteiger partial charge in [0.2, 0.25) is 0 Å². The maximum atomic E-state index is 14.0. The molecule has 7 rings (SSSR count). The third-order valence-electron chi connectivity index (χ3n) is 17.8. The summed E-state index contributed by atoms with van der Waals surface area (Å²) in [6.07, 6.45) is 17.2. The van der Waals surface area contributed by atoms with E-state index in [0.717, 1.165) is 44.1 Å². The van der Waals surface area contributed by atoms with Gasteiger partial charge in [0.05, 0.1) is 5.41 Å². The number of carboxylic acids is 1. The fourth-order valence-electron chi connectivity index (χ4n) is 14.6. The molecule has 0 aromatic carbocycles. The van der Waals surface area contributed by atoms with Crippen LogP contribution >= 0.6 is 0 Å². The highest BCUT2D eigenvalue weighted by atomic mass is 32.2. The molecule has 0 radical (unpaired) electrons. The van der Waals surface area contributed by atoms with E-state index in [2.05, 4.69) is 76.4 Å². The lowest BCUT2D eigenvalue weighted by Gasteiger charge is -2.72. The third kappa shape index (κ3) is 5.73. The summed E-state index contributed by atoms with van der Waals surface area (Å²) in [5, 5.41) is 14.1. The summed E-state index contributed by atoms with van der Waals surface area (Å²) in [7, 11) is -1.87. The predicted molar refractivity (Wildman–Crippen MR) is 210 cm³/mol. The van der Waals surface area contributed by atoms with Crippen molar-refractivity contribution in [3.63, 3.8) is 0 Å². The van der Waals surface area contributed by atoms with Gasteiger partial charge in [-0.25, -0.2) is 4.39 Å². The minimum absolute atomic E-state index is 0.00249. The minimum Gasteiger partial charge on any atom is -0.481 e. The predicted octanol–water partition coefficient (Wildman–Crippen LogP) is 8.71. The molecular formula is C44H69FN2O3S. The van der Waals surface area contributed by atoms with E-state index in [-0.39, 0.29) is 27.2 Å². The molecule has 1 aliphatic heterocycles. The van der Waals surface area contributed by atoms with Crippen molar-refractivity contribution in [3.05, 3.63) is 35.5 Å². The topological polar surface area (TPSA) is 69.6 Å². The fourth-order valence-corrected chi connectivity index (χ4v) is 16.0.